The molecule has 0 aromatic heterocycles. The summed E-state index contributed by atoms with van der Waals surface area (Å²) < 4.78 is 1.93. The molecular weight excluding hydrogens is 427 g/mol. The highest BCUT2D eigenvalue weighted by Crippen LogP contribution is 2.32. The third-order valence-corrected chi connectivity index (χ3v) is 4.50. The molecule has 5 heteroatoms. The molecule has 2 aromatic carbocycles. The van der Waals surface area contributed by atoms with Crippen molar-refractivity contribution in [3.63, 3.8) is 0 Å². The Bertz CT molecular complexity index is 584. The molecular formula is C13H8BrIO2S. The number of hydrogen-bond acceptors (Lipinski definition) is 2. The van der Waals surface area contributed by atoms with E-state index in [4.69, 9.17) is 0 Å². The van der Waals surface area contributed by atoms with Crippen LogP contribution in [0.2, 0.25) is 0 Å². The topological polar surface area (TPSA) is 37.3 Å². The molecule has 0 atom stereocenters. The number of halogens is 2. The van der Waals surface area contributed by atoms with E-state index in [1.54, 1.807) is 6.07 Å². The fourth-order valence-corrected chi connectivity index (χ4v) is 3.06. The summed E-state index contributed by atoms with van der Waals surface area (Å²) in [7, 11) is 0. The average molecular weight is 435 g/mol. The highest BCUT2D eigenvalue weighted by molar-refractivity contribution is 14.1. The minimum atomic E-state index is -0.895. The van der Waals surface area contributed by atoms with E-state index in [-0.39, 0.29) is 0 Å². The van der Waals surface area contributed by atoms with Gasteiger partial charge in [-0.25, -0.2) is 4.79 Å². The molecule has 0 saturated heterocycles. The number of carbonyl (C=O) groups is 1. The van der Waals surface area contributed by atoms with Crippen LogP contribution in [0, 0.1) is 3.57 Å². The van der Waals surface area contributed by atoms with Crippen molar-refractivity contribution in [1.29, 1.82) is 0 Å². The summed E-state index contributed by atoms with van der Waals surface area (Å²) in [4.78, 5) is 13.0. The molecule has 0 amide bonds. The summed E-state index contributed by atoms with van der Waals surface area (Å²) in [6.07, 6.45) is 0. The van der Waals surface area contributed by atoms with Crippen molar-refractivity contribution in [3.05, 3.63) is 56.1 Å². The van der Waals surface area contributed by atoms with Gasteiger partial charge >= 0.3 is 5.97 Å². The second kappa shape index (κ2) is 6.08. The van der Waals surface area contributed by atoms with Crippen molar-refractivity contribution in [3.8, 4) is 0 Å². The number of carboxylic acids is 1. The van der Waals surface area contributed by atoms with Gasteiger partial charge in [0.05, 0.1) is 5.56 Å². The van der Waals surface area contributed by atoms with Crippen LogP contribution < -0.4 is 0 Å². The highest BCUT2D eigenvalue weighted by atomic mass is 127. The SMILES string of the molecule is O=C(O)c1cc(I)ccc1Sc1ccc(Br)cc1. The molecule has 1 N–H and O–H groups in total. The van der Waals surface area contributed by atoms with Crippen LogP contribution >= 0.6 is 50.3 Å². The molecule has 2 aromatic rings. The molecule has 0 bridgehead atoms. The smallest absolute Gasteiger partial charge is 0.336 e. The Hall–Kier alpha value is -0.530. The molecule has 2 nitrogen and oxygen atoms in total. The van der Waals surface area contributed by atoms with E-state index in [1.165, 1.54) is 11.8 Å². The van der Waals surface area contributed by atoms with Crippen LogP contribution in [0.3, 0.4) is 0 Å². The van der Waals surface area contributed by atoms with Crippen LogP contribution in [-0.2, 0) is 0 Å². The third-order valence-electron chi connectivity index (χ3n) is 2.21. The van der Waals surface area contributed by atoms with E-state index in [1.807, 2.05) is 36.4 Å². The van der Waals surface area contributed by atoms with Crippen molar-refractivity contribution in [2.24, 2.45) is 0 Å². The van der Waals surface area contributed by atoms with Gasteiger partial charge in [0.2, 0.25) is 0 Å². The quantitative estimate of drug-likeness (QED) is 0.698. The Balaban J connectivity index is 2.34. The number of carboxylic acid groups (broad SMARTS) is 1. The zero-order valence-corrected chi connectivity index (χ0v) is 13.6. The lowest BCUT2D eigenvalue weighted by atomic mass is 10.2. The van der Waals surface area contributed by atoms with Crippen molar-refractivity contribution in [1.82, 2.24) is 0 Å². The summed E-state index contributed by atoms with van der Waals surface area (Å²) in [6.45, 7) is 0. The van der Waals surface area contributed by atoms with Gasteiger partial charge < -0.3 is 5.11 Å². The van der Waals surface area contributed by atoms with Gasteiger partial charge in [0.25, 0.3) is 0 Å². The largest absolute Gasteiger partial charge is 0.478 e. The maximum absolute atomic E-state index is 11.2. The van der Waals surface area contributed by atoms with Crippen LogP contribution in [0.4, 0.5) is 0 Å². The minimum absolute atomic E-state index is 0.342. The molecule has 0 heterocycles. The Labute approximate surface area is 131 Å². The van der Waals surface area contributed by atoms with Gasteiger partial charge in [-0.2, -0.15) is 0 Å². The van der Waals surface area contributed by atoms with Gasteiger partial charge in [-0.3, -0.25) is 0 Å². The zero-order chi connectivity index (χ0) is 13.1. The summed E-state index contributed by atoms with van der Waals surface area (Å²) in [5, 5.41) is 9.19. The Morgan fingerprint density at radius 2 is 1.83 bits per heavy atom. The Morgan fingerprint density at radius 1 is 1.17 bits per heavy atom. The van der Waals surface area contributed by atoms with Gasteiger partial charge in [0, 0.05) is 17.8 Å². The zero-order valence-electron chi connectivity index (χ0n) is 9.06. The maximum Gasteiger partial charge on any atom is 0.336 e. The molecule has 0 saturated carbocycles. The fourth-order valence-electron chi connectivity index (χ4n) is 1.39. The molecule has 0 radical (unpaired) electrons. The van der Waals surface area contributed by atoms with Crippen molar-refractivity contribution in [2.75, 3.05) is 0 Å². The number of benzene rings is 2. The van der Waals surface area contributed by atoms with Crippen molar-refractivity contribution in [2.45, 2.75) is 9.79 Å². The van der Waals surface area contributed by atoms with E-state index >= 15 is 0 Å². The second-order valence-electron chi connectivity index (χ2n) is 3.50. The molecule has 0 spiro atoms. The molecule has 2 rings (SSSR count). The summed E-state index contributed by atoms with van der Waals surface area (Å²) in [5.74, 6) is -0.895. The summed E-state index contributed by atoms with van der Waals surface area (Å²) in [5.41, 5.74) is 0.342. The van der Waals surface area contributed by atoms with E-state index in [2.05, 4.69) is 38.5 Å². The Morgan fingerprint density at radius 3 is 2.44 bits per heavy atom. The van der Waals surface area contributed by atoms with Gasteiger partial charge in [-0.05, 0) is 65.1 Å². The van der Waals surface area contributed by atoms with Crippen LogP contribution in [0.15, 0.2) is 56.7 Å². The third kappa shape index (κ3) is 3.49. The number of hydrogen-bond donors (Lipinski definition) is 1. The maximum atomic E-state index is 11.2. The molecule has 92 valence electrons. The summed E-state index contributed by atoms with van der Waals surface area (Å²) >= 11 is 6.94. The van der Waals surface area contributed by atoms with Gasteiger partial charge in [0.1, 0.15) is 0 Å². The van der Waals surface area contributed by atoms with E-state index < -0.39 is 5.97 Å². The van der Waals surface area contributed by atoms with Crippen LogP contribution in [0.1, 0.15) is 10.4 Å². The first-order valence-electron chi connectivity index (χ1n) is 5.02. The van der Waals surface area contributed by atoms with Crippen molar-refractivity contribution < 1.29 is 9.90 Å². The molecule has 0 fully saturated rings. The summed E-state index contributed by atoms with van der Waals surface area (Å²) in [6, 6.07) is 13.2. The van der Waals surface area contributed by atoms with Crippen molar-refractivity contribution >= 4 is 56.3 Å². The van der Waals surface area contributed by atoms with Gasteiger partial charge in [0.15, 0.2) is 0 Å². The number of aromatic carboxylic acids is 1. The van der Waals surface area contributed by atoms with E-state index in [0.29, 0.717) is 5.56 Å². The average Bonchev–Trinajstić information content (AvgIpc) is 2.34. The van der Waals surface area contributed by atoms with E-state index in [9.17, 15) is 9.90 Å². The molecule has 0 aliphatic carbocycles. The van der Waals surface area contributed by atoms with Crippen LogP contribution in [0.25, 0.3) is 0 Å². The normalized spacial score (nSPS) is 10.3. The Kier molecular flexibility index (Phi) is 4.69. The predicted molar refractivity (Wildman–Crippen MR) is 84.4 cm³/mol. The number of rotatable bonds is 3. The second-order valence-corrected chi connectivity index (χ2v) is 6.78. The lowest BCUT2D eigenvalue weighted by Gasteiger charge is -2.06. The van der Waals surface area contributed by atoms with Gasteiger partial charge in [-0.15, -0.1) is 0 Å². The first-order valence-corrected chi connectivity index (χ1v) is 7.71. The van der Waals surface area contributed by atoms with Gasteiger partial charge in [-0.1, -0.05) is 27.7 Å². The monoisotopic (exact) mass is 434 g/mol. The fraction of sp³-hybridized carbons (Fsp3) is 0. The van der Waals surface area contributed by atoms with Crippen LogP contribution in [-0.4, -0.2) is 11.1 Å². The molecule has 18 heavy (non-hydrogen) atoms. The minimum Gasteiger partial charge on any atom is -0.478 e. The molecule has 0 aliphatic heterocycles. The van der Waals surface area contributed by atoms with Crippen LogP contribution in [0.5, 0.6) is 0 Å². The first kappa shape index (κ1) is 13.9. The predicted octanol–water partition coefficient (Wildman–Crippen LogP) is 4.90. The molecule has 0 aliphatic rings. The molecule has 0 unspecified atom stereocenters. The highest BCUT2D eigenvalue weighted by Gasteiger charge is 2.11. The first-order chi connectivity index (χ1) is 8.56. The standard InChI is InChI=1S/C13H8BrIO2S/c14-8-1-4-10(5-2-8)18-12-6-3-9(15)7-11(12)13(16)17/h1-7H,(H,16,17). The van der Waals surface area contributed by atoms with E-state index in [0.717, 1.165) is 17.8 Å². The lowest BCUT2D eigenvalue weighted by Crippen LogP contribution is -1.99. The lowest BCUT2D eigenvalue weighted by molar-refractivity contribution is 0.0693.